The van der Waals surface area contributed by atoms with Crippen LogP contribution < -0.4 is 4.90 Å². The van der Waals surface area contributed by atoms with Crippen molar-refractivity contribution in [2.75, 3.05) is 50.7 Å². The lowest BCUT2D eigenvalue weighted by Gasteiger charge is -2.37. The number of anilines is 1. The monoisotopic (exact) mass is 382 g/mol. The topological polar surface area (TPSA) is 68.4 Å². The molecule has 1 aromatic heterocycles. The number of nitrogens with one attached hydrogen (secondary N) is 1. The van der Waals surface area contributed by atoms with Crippen LogP contribution in [0, 0.1) is 6.92 Å². The van der Waals surface area contributed by atoms with Crippen molar-refractivity contribution in [3.63, 3.8) is 0 Å². The molecular formula is C21H30N6O. The van der Waals surface area contributed by atoms with Crippen molar-refractivity contribution in [3.05, 3.63) is 42.0 Å². The predicted octanol–water partition coefficient (Wildman–Crippen LogP) is 2.03. The van der Waals surface area contributed by atoms with Gasteiger partial charge in [0.2, 0.25) is 5.91 Å². The van der Waals surface area contributed by atoms with Crippen molar-refractivity contribution in [3.8, 4) is 0 Å². The molecule has 0 atom stereocenters. The van der Waals surface area contributed by atoms with Crippen molar-refractivity contribution in [2.24, 2.45) is 0 Å². The second-order valence-electron chi connectivity index (χ2n) is 7.94. The van der Waals surface area contributed by atoms with E-state index in [1.54, 1.807) is 6.33 Å². The van der Waals surface area contributed by atoms with Gasteiger partial charge in [0.25, 0.3) is 0 Å². The Labute approximate surface area is 166 Å². The third kappa shape index (κ3) is 4.52. The average Bonchev–Trinajstić information content (AvgIpc) is 3.27. The normalized spacial score (nSPS) is 19.2. The molecule has 7 heteroatoms. The summed E-state index contributed by atoms with van der Waals surface area (Å²) in [6.45, 7) is 8.75. The Hall–Kier alpha value is -2.41. The van der Waals surface area contributed by atoms with E-state index in [0.717, 1.165) is 64.5 Å². The summed E-state index contributed by atoms with van der Waals surface area (Å²) in [6.07, 6.45) is 4.12. The summed E-state index contributed by atoms with van der Waals surface area (Å²) in [5.41, 5.74) is 2.61. The summed E-state index contributed by atoms with van der Waals surface area (Å²) in [5, 5.41) is 6.90. The molecule has 0 unspecified atom stereocenters. The fraction of sp³-hybridized carbons (Fsp3) is 0.571. The zero-order chi connectivity index (χ0) is 19.3. The minimum atomic E-state index is 0.289. The van der Waals surface area contributed by atoms with Crippen LogP contribution in [-0.2, 0) is 4.79 Å². The fourth-order valence-electron chi connectivity index (χ4n) is 4.28. The van der Waals surface area contributed by atoms with Crippen LogP contribution in [0.2, 0.25) is 0 Å². The summed E-state index contributed by atoms with van der Waals surface area (Å²) < 4.78 is 0. The molecule has 28 heavy (non-hydrogen) atoms. The number of carbonyl (C=O) groups is 1. The quantitative estimate of drug-likeness (QED) is 0.857. The highest BCUT2D eigenvalue weighted by Gasteiger charge is 2.26. The number of benzene rings is 1. The second kappa shape index (κ2) is 8.73. The van der Waals surface area contributed by atoms with E-state index in [4.69, 9.17) is 0 Å². The van der Waals surface area contributed by atoms with Gasteiger partial charge in [0.1, 0.15) is 12.2 Å². The number of hydrogen-bond acceptors (Lipinski definition) is 5. The number of nitrogens with zero attached hydrogens (tertiary/aromatic N) is 5. The molecule has 0 saturated carbocycles. The first kappa shape index (κ1) is 18.9. The SMILES string of the molecule is Cc1cccc(N2CCN(CCC(=O)N3CCC(c4ncn[nH]4)CC3)CC2)c1. The first-order valence-corrected chi connectivity index (χ1v) is 10.4. The smallest absolute Gasteiger partial charge is 0.223 e. The summed E-state index contributed by atoms with van der Waals surface area (Å²) in [4.78, 5) is 23.8. The van der Waals surface area contributed by atoms with Gasteiger partial charge in [0, 0.05) is 63.8 Å². The van der Waals surface area contributed by atoms with E-state index in [2.05, 4.69) is 56.2 Å². The van der Waals surface area contributed by atoms with Crippen molar-refractivity contribution in [2.45, 2.75) is 32.1 Å². The van der Waals surface area contributed by atoms with E-state index >= 15 is 0 Å². The van der Waals surface area contributed by atoms with E-state index in [9.17, 15) is 4.79 Å². The number of piperidine rings is 1. The highest BCUT2D eigenvalue weighted by molar-refractivity contribution is 5.76. The van der Waals surface area contributed by atoms with Gasteiger partial charge in [-0.2, -0.15) is 5.10 Å². The zero-order valence-corrected chi connectivity index (χ0v) is 16.7. The summed E-state index contributed by atoms with van der Waals surface area (Å²) in [6, 6.07) is 8.71. The Kier molecular flexibility index (Phi) is 5.90. The lowest BCUT2D eigenvalue weighted by molar-refractivity contribution is -0.132. The van der Waals surface area contributed by atoms with Crippen LogP contribution in [0.15, 0.2) is 30.6 Å². The Morgan fingerprint density at radius 2 is 1.93 bits per heavy atom. The molecule has 2 saturated heterocycles. The molecule has 2 aliphatic heterocycles. The molecule has 7 nitrogen and oxygen atoms in total. The molecule has 2 aliphatic rings. The summed E-state index contributed by atoms with van der Waals surface area (Å²) >= 11 is 0. The molecule has 2 aromatic rings. The highest BCUT2D eigenvalue weighted by Crippen LogP contribution is 2.25. The molecule has 0 aliphatic carbocycles. The predicted molar refractivity (Wildman–Crippen MR) is 109 cm³/mol. The number of piperazine rings is 1. The lowest BCUT2D eigenvalue weighted by Crippen LogP contribution is -2.47. The maximum atomic E-state index is 12.6. The van der Waals surface area contributed by atoms with E-state index in [-0.39, 0.29) is 5.91 Å². The molecule has 4 rings (SSSR count). The Morgan fingerprint density at radius 1 is 1.14 bits per heavy atom. The Balaban J connectivity index is 1.18. The maximum Gasteiger partial charge on any atom is 0.223 e. The first-order chi connectivity index (χ1) is 13.7. The highest BCUT2D eigenvalue weighted by atomic mass is 16.2. The second-order valence-corrected chi connectivity index (χ2v) is 7.94. The van der Waals surface area contributed by atoms with E-state index < -0.39 is 0 Å². The fourth-order valence-corrected chi connectivity index (χ4v) is 4.28. The molecule has 3 heterocycles. The number of hydrogen-bond donors (Lipinski definition) is 1. The summed E-state index contributed by atoms with van der Waals surface area (Å²) in [5.74, 6) is 1.65. The molecule has 0 spiro atoms. The lowest BCUT2D eigenvalue weighted by atomic mass is 9.96. The van der Waals surface area contributed by atoms with Gasteiger partial charge in [-0.3, -0.25) is 14.8 Å². The van der Waals surface area contributed by atoms with Crippen LogP contribution in [0.4, 0.5) is 5.69 Å². The minimum absolute atomic E-state index is 0.289. The van der Waals surface area contributed by atoms with Crippen LogP contribution in [0.1, 0.15) is 36.6 Å². The third-order valence-corrected chi connectivity index (χ3v) is 6.05. The standard InChI is InChI=1S/C21H30N6O/c1-17-3-2-4-19(15-17)26-13-11-25(12-14-26)8-7-20(28)27-9-5-18(6-10-27)21-22-16-23-24-21/h2-4,15-16,18H,5-14H2,1H3,(H,22,23,24). The Morgan fingerprint density at radius 3 is 2.61 bits per heavy atom. The molecule has 1 N–H and O–H groups in total. The van der Waals surface area contributed by atoms with Crippen LogP contribution in [0.5, 0.6) is 0 Å². The molecule has 0 radical (unpaired) electrons. The number of aromatic amines is 1. The summed E-state index contributed by atoms with van der Waals surface area (Å²) in [7, 11) is 0. The van der Waals surface area contributed by atoms with E-state index in [1.807, 2.05) is 4.90 Å². The van der Waals surface area contributed by atoms with Gasteiger partial charge < -0.3 is 9.80 Å². The van der Waals surface area contributed by atoms with Gasteiger partial charge in [0.15, 0.2) is 0 Å². The molecule has 2 fully saturated rings. The first-order valence-electron chi connectivity index (χ1n) is 10.4. The van der Waals surface area contributed by atoms with Crippen LogP contribution in [-0.4, -0.2) is 76.7 Å². The average molecular weight is 383 g/mol. The number of rotatable bonds is 5. The number of H-pyrrole nitrogens is 1. The number of carbonyl (C=O) groups excluding carboxylic acids is 1. The van der Waals surface area contributed by atoms with Gasteiger partial charge >= 0.3 is 0 Å². The van der Waals surface area contributed by atoms with Crippen molar-refractivity contribution in [1.29, 1.82) is 0 Å². The number of amides is 1. The van der Waals surface area contributed by atoms with Crippen LogP contribution in [0.25, 0.3) is 0 Å². The van der Waals surface area contributed by atoms with Crippen LogP contribution >= 0.6 is 0 Å². The van der Waals surface area contributed by atoms with Crippen molar-refractivity contribution < 1.29 is 4.79 Å². The molecular weight excluding hydrogens is 352 g/mol. The van der Waals surface area contributed by atoms with Crippen molar-refractivity contribution >= 4 is 11.6 Å². The van der Waals surface area contributed by atoms with Gasteiger partial charge in [-0.05, 0) is 37.5 Å². The largest absolute Gasteiger partial charge is 0.369 e. The van der Waals surface area contributed by atoms with E-state index in [0.29, 0.717) is 12.3 Å². The maximum absolute atomic E-state index is 12.6. The van der Waals surface area contributed by atoms with Gasteiger partial charge in [-0.1, -0.05) is 12.1 Å². The van der Waals surface area contributed by atoms with Gasteiger partial charge in [-0.25, -0.2) is 4.98 Å². The molecule has 1 aromatic carbocycles. The Bertz CT molecular complexity index is 761. The number of aromatic nitrogens is 3. The molecule has 150 valence electrons. The number of likely N-dealkylation sites (tertiary alicyclic amines) is 1. The van der Waals surface area contributed by atoms with Gasteiger partial charge in [0.05, 0.1) is 0 Å². The van der Waals surface area contributed by atoms with Gasteiger partial charge in [-0.15, -0.1) is 0 Å². The molecule has 1 amide bonds. The van der Waals surface area contributed by atoms with Crippen LogP contribution in [0.3, 0.4) is 0 Å². The van der Waals surface area contributed by atoms with Crippen molar-refractivity contribution in [1.82, 2.24) is 25.0 Å². The number of aryl methyl sites for hydroxylation is 1. The third-order valence-electron chi connectivity index (χ3n) is 6.05. The zero-order valence-electron chi connectivity index (χ0n) is 16.7. The van der Waals surface area contributed by atoms with E-state index in [1.165, 1.54) is 11.3 Å². The minimum Gasteiger partial charge on any atom is -0.369 e. The molecule has 0 bridgehead atoms.